The molecule has 2 heterocycles. The molecule has 1 aromatic carbocycles. The number of amides is 1. The number of aromatic nitrogens is 3. The van der Waals surface area contributed by atoms with Gasteiger partial charge < -0.3 is 20.7 Å². The van der Waals surface area contributed by atoms with Gasteiger partial charge in [-0.1, -0.05) is 12.1 Å². The molecular formula is C20H22N6O4S. The Kier molecular flexibility index (Phi) is 6.65. The Morgan fingerprint density at radius 3 is 2.52 bits per heavy atom. The van der Waals surface area contributed by atoms with Crippen molar-refractivity contribution in [3.8, 4) is 5.75 Å². The number of benzene rings is 1. The number of pyridine rings is 1. The van der Waals surface area contributed by atoms with E-state index >= 15 is 0 Å². The maximum absolute atomic E-state index is 12.2. The molecule has 31 heavy (non-hydrogen) atoms. The fourth-order valence-electron chi connectivity index (χ4n) is 2.71. The summed E-state index contributed by atoms with van der Waals surface area (Å²) >= 11 is 0. The SMILES string of the molecule is CNC(=O)c1nnc(NCc2ccc(OC)cc2)cc1Nc1ncccc1S(C)(=O)=O. The zero-order valence-electron chi connectivity index (χ0n) is 17.2. The smallest absolute Gasteiger partial charge is 0.273 e. The topological polar surface area (TPSA) is 135 Å². The minimum atomic E-state index is -3.54. The lowest BCUT2D eigenvalue weighted by atomic mass is 10.2. The predicted octanol–water partition coefficient (Wildman–Crippen LogP) is 2.00. The molecule has 3 aromatic rings. The van der Waals surface area contributed by atoms with E-state index in [0.29, 0.717) is 12.4 Å². The average molecular weight is 443 g/mol. The van der Waals surface area contributed by atoms with E-state index < -0.39 is 15.7 Å². The molecule has 10 nitrogen and oxygen atoms in total. The second-order valence-corrected chi connectivity index (χ2v) is 8.50. The van der Waals surface area contributed by atoms with E-state index in [2.05, 4.69) is 31.1 Å². The quantitative estimate of drug-likeness (QED) is 0.478. The zero-order chi connectivity index (χ0) is 22.4. The van der Waals surface area contributed by atoms with Gasteiger partial charge >= 0.3 is 0 Å². The van der Waals surface area contributed by atoms with E-state index in [9.17, 15) is 13.2 Å². The van der Waals surface area contributed by atoms with Crippen LogP contribution in [0.5, 0.6) is 5.75 Å². The van der Waals surface area contributed by atoms with Gasteiger partial charge in [-0.3, -0.25) is 4.79 Å². The monoisotopic (exact) mass is 442 g/mol. The summed E-state index contributed by atoms with van der Waals surface area (Å²) in [5.74, 6) is 0.752. The van der Waals surface area contributed by atoms with Gasteiger partial charge in [-0.15, -0.1) is 10.2 Å². The van der Waals surface area contributed by atoms with Gasteiger partial charge in [0, 0.05) is 32.1 Å². The molecule has 3 rings (SSSR count). The summed E-state index contributed by atoms with van der Waals surface area (Å²) in [5, 5.41) is 16.6. The number of nitrogens with one attached hydrogen (secondary N) is 3. The van der Waals surface area contributed by atoms with Gasteiger partial charge in [0.15, 0.2) is 21.3 Å². The first-order valence-electron chi connectivity index (χ1n) is 9.20. The highest BCUT2D eigenvalue weighted by molar-refractivity contribution is 7.90. The van der Waals surface area contributed by atoms with Crippen molar-refractivity contribution in [3.05, 3.63) is 59.9 Å². The van der Waals surface area contributed by atoms with Gasteiger partial charge in [0.25, 0.3) is 5.91 Å². The van der Waals surface area contributed by atoms with Crippen LogP contribution in [0.3, 0.4) is 0 Å². The average Bonchev–Trinajstić information content (AvgIpc) is 2.77. The minimum Gasteiger partial charge on any atom is -0.497 e. The molecule has 3 N–H and O–H groups in total. The van der Waals surface area contributed by atoms with E-state index in [1.165, 1.54) is 25.4 Å². The van der Waals surface area contributed by atoms with Crippen molar-refractivity contribution in [1.82, 2.24) is 20.5 Å². The number of carbonyl (C=O) groups is 1. The number of ether oxygens (including phenoxy) is 1. The molecule has 0 fully saturated rings. The second kappa shape index (κ2) is 9.39. The standard InChI is InChI=1S/C20H22N6O4S/c1-21-20(27)18-15(24-19-16(31(3,28)29)5-4-10-22-19)11-17(25-26-18)23-12-13-6-8-14(30-2)9-7-13/h4-11H,12H2,1-3H3,(H,21,27)(H2,22,23,24,25). The summed E-state index contributed by atoms with van der Waals surface area (Å²) in [5.41, 5.74) is 1.24. The van der Waals surface area contributed by atoms with Crippen molar-refractivity contribution in [2.24, 2.45) is 0 Å². The number of methoxy groups -OCH3 is 1. The second-order valence-electron chi connectivity index (χ2n) is 6.52. The molecule has 0 aliphatic rings. The third-order valence-corrected chi connectivity index (χ3v) is 5.42. The van der Waals surface area contributed by atoms with E-state index in [1.807, 2.05) is 24.3 Å². The molecule has 0 unspecified atom stereocenters. The summed E-state index contributed by atoms with van der Waals surface area (Å²) in [6, 6.07) is 12.0. The summed E-state index contributed by atoms with van der Waals surface area (Å²) in [7, 11) is -0.478. The van der Waals surface area contributed by atoms with Crippen LogP contribution in [-0.2, 0) is 16.4 Å². The Hall–Kier alpha value is -3.73. The third kappa shape index (κ3) is 5.45. The highest BCUT2D eigenvalue weighted by atomic mass is 32.2. The molecular weight excluding hydrogens is 420 g/mol. The van der Waals surface area contributed by atoms with Crippen LogP contribution in [0.1, 0.15) is 16.1 Å². The highest BCUT2D eigenvalue weighted by Gasteiger charge is 2.19. The molecule has 0 atom stereocenters. The lowest BCUT2D eigenvalue weighted by Crippen LogP contribution is -2.22. The van der Waals surface area contributed by atoms with Crippen LogP contribution in [0.4, 0.5) is 17.3 Å². The molecule has 0 saturated carbocycles. The van der Waals surface area contributed by atoms with Crippen LogP contribution in [0.2, 0.25) is 0 Å². The van der Waals surface area contributed by atoms with Gasteiger partial charge in [0.2, 0.25) is 0 Å². The molecule has 0 radical (unpaired) electrons. The fourth-order valence-corrected chi connectivity index (χ4v) is 3.49. The van der Waals surface area contributed by atoms with E-state index in [1.54, 1.807) is 13.2 Å². The number of hydrogen-bond acceptors (Lipinski definition) is 9. The maximum Gasteiger partial charge on any atom is 0.273 e. The number of anilines is 3. The van der Waals surface area contributed by atoms with Crippen LogP contribution in [0.15, 0.2) is 53.6 Å². The maximum atomic E-state index is 12.2. The van der Waals surface area contributed by atoms with Crippen LogP contribution in [-0.4, -0.2) is 49.9 Å². The van der Waals surface area contributed by atoms with Crippen molar-refractivity contribution in [1.29, 1.82) is 0 Å². The highest BCUT2D eigenvalue weighted by Crippen LogP contribution is 2.25. The predicted molar refractivity (Wildman–Crippen MR) is 116 cm³/mol. The third-order valence-electron chi connectivity index (χ3n) is 4.29. The lowest BCUT2D eigenvalue weighted by molar-refractivity contribution is 0.0958. The van der Waals surface area contributed by atoms with E-state index in [0.717, 1.165) is 17.6 Å². The summed E-state index contributed by atoms with van der Waals surface area (Å²) in [6.07, 6.45) is 2.54. The number of carbonyl (C=O) groups excluding carboxylic acids is 1. The number of nitrogens with zero attached hydrogens (tertiary/aromatic N) is 3. The Labute approximate surface area is 180 Å². The first-order valence-corrected chi connectivity index (χ1v) is 11.1. The van der Waals surface area contributed by atoms with Gasteiger partial charge in [-0.05, 0) is 29.8 Å². The van der Waals surface area contributed by atoms with Gasteiger partial charge in [-0.2, -0.15) is 0 Å². The molecule has 0 saturated heterocycles. The Morgan fingerprint density at radius 1 is 1.13 bits per heavy atom. The molecule has 0 aliphatic carbocycles. The zero-order valence-corrected chi connectivity index (χ0v) is 18.0. The number of sulfone groups is 1. The molecule has 11 heteroatoms. The Balaban J connectivity index is 1.90. The van der Waals surface area contributed by atoms with Crippen molar-refractivity contribution in [3.63, 3.8) is 0 Å². The Morgan fingerprint density at radius 2 is 1.87 bits per heavy atom. The number of hydrogen-bond donors (Lipinski definition) is 3. The number of rotatable bonds is 8. The Bertz CT molecular complexity index is 1180. The molecule has 1 amide bonds. The molecule has 0 bridgehead atoms. The first-order chi connectivity index (χ1) is 14.8. The van der Waals surface area contributed by atoms with Crippen LogP contribution in [0, 0.1) is 0 Å². The van der Waals surface area contributed by atoms with Crippen LogP contribution < -0.4 is 20.7 Å². The van der Waals surface area contributed by atoms with Gasteiger partial charge in [-0.25, -0.2) is 13.4 Å². The summed E-state index contributed by atoms with van der Waals surface area (Å²) in [4.78, 5) is 16.3. The molecule has 0 aliphatic heterocycles. The van der Waals surface area contributed by atoms with Gasteiger partial charge in [0.05, 0.1) is 12.8 Å². The van der Waals surface area contributed by atoms with Crippen LogP contribution >= 0.6 is 0 Å². The minimum absolute atomic E-state index is 0.00223. The molecule has 0 spiro atoms. The summed E-state index contributed by atoms with van der Waals surface area (Å²) < 4.78 is 29.3. The first kappa shape index (κ1) is 22.0. The normalized spacial score (nSPS) is 10.9. The van der Waals surface area contributed by atoms with Crippen molar-refractivity contribution < 1.29 is 17.9 Å². The fraction of sp³-hybridized carbons (Fsp3) is 0.200. The van der Waals surface area contributed by atoms with E-state index in [-0.39, 0.29) is 22.1 Å². The molecule has 2 aromatic heterocycles. The van der Waals surface area contributed by atoms with Crippen LogP contribution in [0.25, 0.3) is 0 Å². The van der Waals surface area contributed by atoms with Crippen molar-refractivity contribution >= 4 is 33.1 Å². The summed E-state index contributed by atoms with van der Waals surface area (Å²) in [6.45, 7) is 0.454. The van der Waals surface area contributed by atoms with Crippen molar-refractivity contribution in [2.75, 3.05) is 31.0 Å². The lowest BCUT2D eigenvalue weighted by Gasteiger charge is -2.14. The van der Waals surface area contributed by atoms with Gasteiger partial charge in [0.1, 0.15) is 16.5 Å². The largest absolute Gasteiger partial charge is 0.497 e. The van der Waals surface area contributed by atoms with E-state index in [4.69, 9.17) is 4.74 Å². The van der Waals surface area contributed by atoms with Crippen molar-refractivity contribution in [2.45, 2.75) is 11.4 Å². The molecule has 162 valence electrons.